The van der Waals surface area contributed by atoms with E-state index in [9.17, 15) is 0 Å². The van der Waals surface area contributed by atoms with Gasteiger partial charge in [0.15, 0.2) is 0 Å². The molecule has 18 heavy (non-hydrogen) atoms. The van der Waals surface area contributed by atoms with E-state index in [1.807, 2.05) is 0 Å². The highest BCUT2D eigenvalue weighted by Crippen LogP contribution is 2.29. The van der Waals surface area contributed by atoms with Gasteiger partial charge in [0.05, 0.1) is 6.04 Å². The van der Waals surface area contributed by atoms with Crippen molar-refractivity contribution in [2.45, 2.75) is 38.6 Å². The number of fused-ring (bicyclic) bond motifs is 1. The molecule has 94 valence electrons. The van der Waals surface area contributed by atoms with Crippen LogP contribution in [0, 0.1) is 6.92 Å². The van der Waals surface area contributed by atoms with Gasteiger partial charge in [-0.3, -0.25) is 0 Å². The van der Waals surface area contributed by atoms with Crippen LogP contribution >= 0.6 is 11.3 Å². The van der Waals surface area contributed by atoms with Crippen LogP contribution in [0.4, 0.5) is 0 Å². The van der Waals surface area contributed by atoms with Crippen LogP contribution in [0.25, 0.3) is 0 Å². The van der Waals surface area contributed by atoms with Crippen LogP contribution in [-0.2, 0) is 12.8 Å². The quantitative estimate of drug-likeness (QED) is 0.865. The van der Waals surface area contributed by atoms with E-state index in [2.05, 4.69) is 37.3 Å². The minimum Gasteiger partial charge on any atom is -0.320 e. The molecular weight excluding hydrogens is 238 g/mol. The van der Waals surface area contributed by atoms with Gasteiger partial charge in [0.1, 0.15) is 0 Å². The Hall–Kier alpha value is -1.12. The third-order valence-electron chi connectivity index (χ3n) is 3.80. The molecule has 1 atom stereocenters. The Morgan fingerprint density at radius 3 is 2.56 bits per heavy atom. The molecule has 2 N–H and O–H groups in total. The highest BCUT2D eigenvalue weighted by molar-refractivity contribution is 7.12. The van der Waals surface area contributed by atoms with Gasteiger partial charge in [-0.2, -0.15) is 0 Å². The number of benzene rings is 1. The third kappa shape index (κ3) is 2.23. The summed E-state index contributed by atoms with van der Waals surface area (Å²) >= 11 is 1.80. The van der Waals surface area contributed by atoms with Crippen molar-refractivity contribution < 1.29 is 0 Å². The molecular formula is C16H19NS. The van der Waals surface area contributed by atoms with Crippen molar-refractivity contribution in [1.29, 1.82) is 0 Å². The summed E-state index contributed by atoms with van der Waals surface area (Å²) in [5.74, 6) is 0. The first-order valence-corrected chi connectivity index (χ1v) is 7.49. The van der Waals surface area contributed by atoms with Crippen molar-refractivity contribution in [3.63, 3.8) is 0 Å². The van der Waals surface area contributed by atoms with Gasteiger partial charge in [0.25, 0.3) is 0 Å². The van der Waals surface area contributed by atoms with Crippen LogP contribution in [0.3, 0.4) is 0 Å². The van der Waals surface area contributed by atoms with Gasteiger partial charge in [-0.05, 0) is 61.4 Å². The van der Waals surface area contributed by atoms with Crippen LogP contribution in [0.1, 0.15) is 45.3 Å². The molecule has 0 fully saturated rings. The lowest BCUT2D eigenvalue weighted by Crippen LogP contribution is -2.12. The molecule has 0 bridgehead atoms. The van der Waals surface area contributed by atoms with Crippen LogP contribution in [-0.4, -0.2) is 0 Å². The molecule has 1 nitrogen and oxygen atoms in total. The van der Waals surface area contributed by atoms with E-state index in [4.69, 9.17) is 5.73 Å². The summed E-state index contributed by atoms with van der Waals surface area (Å²) in [5, 5.41) is 0. The van der Waals surface area contributed by atoms with E-state index in [-0.39, 0.29) is 6.04 Å². The second-order valence-corrected chi connectivity index (χ2v) is 6.48. The Labute approximate surface area is 113 Å². The predicted molar refractivity (Wildman–Crippen MR) is 78.2 cm³/mol. The number of hydrogen-bond acceptors (Lipinski definition) is 2. The first-order chi connectivity index (χ1) is 8.74. The molecule has 0 saturated carbocycles. The minimum atomic E-state index is 0.0379. The van der Waals surface area contributed by atoms with Crippen LogP contribution in [0.15, 0.2) is 30.3 Å². The van der Waals surface area contributed by atoms with E-state index in [1.165, 1.54) is 52.1 Å². The van der Waals surface area contributed by atoms with Crippen LogP contribution < -0.4 is 5.73 Å². The summed E-state index contributed by atoms with van der Waals surface area (Å²) in [6.45, 7) is 2.13. The summed E-state index contributed by atoms with van der Waals surface area (Å²) in [6, 6.07) is 11.2. The average molecular weight is 257 g/mol. The molecule has 1 aliphatic carbocycles. The second kappa shape index (κ2) is 4.87. The Balaban J connectivity index is 1.92. The zero-order valence-electron chi connectivity index (χ0n) is 10.8. The van der Waals surface area contributed by atoms with Crippen molar-refractivity contribution in [2.75, 3.05) is 0 Å². The second-order valence-electron chi connectivity index (χ2n) is 5.16. The van der Waals surface area contributed by atoms with Crippen molar-refractivity contribution in [3.8, 4) is 0 Å². The number of nitrogens with two attached hydrogens (primary N) is 1. The molecule has 0 amide bonds. The number of rotatable bonds is 2. The lowest BCUT2D eigenvalue weighted by molar-refractivity contribution is 0.683. The molecule has 1 aromatic heterocycles. The summed E-state index contributed by atoms with van der Waals surface area (Å²) in [4.78, 5) is 2.60. The number of thiophene rings is 1. The Morgan fingerprint density at radius 2 is 1.83 bits per heavy atom. The lowest BCUT2D eigenvalue weighted by atomic mass is 9.89. The molecule has 1 heterocycles. The van der Waals surface area contributed by atoms with E-state index < -0.39 is 0 Å². The van der Waals surface area contributed by atoms with E-state index >= 15 is 0 Å². The lowest BCUT2D eigenvalue weighted by Gasteiger charge is -2.18. The molecule has 0 radical (unpaired) electrons. The molecule has 1 unspecified atom stereocenters. The van der Waals surface area contributed by atoms with Gasteiger partial charge < -0.3 is 5.73 Å². The summed E-state index contributed by atoms with van der Waals surface area (Å²) in [7, 11) is 0. The van der Waals surface area contributed by atoms with Gasteiger partial charge >= 0.3 is 0 Å². The fraction of sp³-hybridized carbons (Fsp3) is 0.375. The zero-order valence-corrected chi connectivity index (χ0v) is 11.6. The van der Waals surface area contributed by atoms with Gasteiger partial charge in [-0.15, -0.1) is 11.3 Å². The fourth-order valence-corrected chi connectivity index (χ4v) is 3.64. The first-order valence-electron chi connectivity index (χ1n) is 6.67. The molecule has 3 rings (SSSR count). The Kier molecular flexibility index (Phi) is 3.23. The maximum Gasteiger partial charge on any atom is 0.0646 e. The number of aryl methyl sites for hydroxylation is 3. The monoisotopic (exact) mass is 257 g/mol. The van der Waals surface area contributed by atoms with Crippen LogP contribution in [0.5, 0.6) is 0 Å². The van der Waals surface area contributed by atoms with Crippen molar-refractivity contribution in [3.05, 3.63) is 56.8 Å². The summed E-state index contributed by atoms with van der Waals surface area (Å²) in [5.41, 5.74) is 10.7. The molecule has 0 saturated heterocycles. The van der Waals surface area contributed by atoms with Crippen molar-refractivity contribution >= 4 is 11.3 Å². The van der Waals surface area contributed by atoms with Gasteiger partial charge in [0.2, 0.25) is 0 Å². The van der Waals surface area contributed by atoms with E-state index in [0.29, 0.717) is 0 Å². The molecule has 1 aliphatic rings. The van der Waals surface area contributed by atoms with E-state index in [0.717, 1.165) is 0 Å². The average Bonchev–Trinajstić information content (AvgIpc) is 2.84. The zero-order chi connectivity index (χ0) is 12.5. The third-order valence-corrected chi connectivity index (χ3v) is 4.88. The highest BCUT2D eigenvalue weighted by Gasteiger charge is 2.14. The first kappa shape index (κ1) is 11.9. The summed E-state index contributed by atoms with van der Waals surface area (Å²) < 4.78 is 0. The maximum absolute atomic E-state index is 6.37. The van der Waals surface area contributed by atoms with Crippen LogP contribution in [0.2, 0.25) is 0 Å². The van der Waals surface area contributed by atoms with Gasteiger partial charge in [-0.1, -0.05) is 18.2 Å². The normalized spacial score (nSPS) is 16.3. The Bertz CT molecular complexity index is 556. The SMILES string of the molecule is Cc1ccc(C(N)c2ccc3c(c2)CCCC3)s1. The maximum atomic E-state index is 6.37. The fourth-order valence-electron chi connectivity index (χ4n) is 2.73. The minimum absolute atomic E-state index is 0.0379. The standard InChI is InChI=1S/C16H19NS/c1-11-6-9-15(18-11)16(17)14-8-7-12-4-2-3-5-13(12)10-14/h6-10,16H,2-5,17H2,1H3. The Morgan fingerprint density at radius 1 is 1.06 bits per heavy atom. The molecule has 0 spiro atoms. The molecule has 2 heteroatoms. The van der Waals surface area contributed by atoms with E-state index in [1.54, 1.807) is 11.3 Å². The predicted octanol–water partition coefficient (Wildman–Crippen LogP) is 3.98. The smallest absolute Gasteiger partial charge is 0.0646 e. The van der Waals surface area contributed by atoms with Gasteiger partial charge in [-0.25, -0.2) is 0 Å². The summed E-state index contributed by atoms with van der Waals surface area (Å²) in [6.07, 6.45) is 5.12. The topological polar surface area (TPSA) is 26.0 Å². The number of hydrogen-bond donors (Lipinski definition) is 1. The molecule has 2 aromatic rings. The largest absolute Gasteiger partial charge is 0.320 e. The highest BCUT2D eigenvalue weighted by atomic mass is 32.1. The van der Waals surface area contributed by atoms with Crippen molar-refractivity contribution in [1.82, 2.24) is 0 Å². The van der Waals surface area contributed by atoms with Gasteiger partial charge in [0, 0.05) is 9.75 Å². The molecule has 1 aromatic carbocycles. The molecule has 0 aliphatic heterocycles. The van der Waals surface area contributed by atoms with Crippen molar-refractivity contribution in [2.24, 2.45) is 5.73 Å².